The summed E-state index contributed by atoms with van der Waals surface area (Å²) in [6.45, 7) is 1.92. The maximum Gasteiger partial charge on any atom is 0.219 e. The van der Waals surface area contributed by atoms with Crippen molar-refractivity contribution >= 4 is 23.2 Å². The maximum atomic E-state index is 6.05. The first kappa shape index (κ1) is 11.2. The van der Waals surface area contributed by atoms with Crippen LogP contribution in [-0.2, 0) is 0 Å². The molecule has 0 fully saturated rings. The first-order valence-electron chi connectivity index (χ1n) is 4.71. The van der Waals surface area contributed by atoms with E-state index in [-0.39, 0.29) is 0 Å². The molecule has 1 aromatic carbocycles. The van der Waals surface area contributed by atoms with Crippen molar-refractivity contribution in [3.8, 4) is 11.6 Å². The van der Waals surface area contributed by atoms with E-state index in [2.05, 4.69) is 4.98 Å². The van der Waals surface area contributed by atoms with E-state index in [1.54, 1.807) is 24.4 Å². The van der Waals surface area contributed by atoms with Gasteiger partial charge in [-0.25, -0.2) is 4.98 Å². The number of nitrogens with zero attached hydrogens (tertiary/aromatic N) is 1. The molecule has 0 aliphatic carbocycles. The summed E-state index contributed by atoms with van der Waals surface area (Å²) < 4.78 is 5.52. The smallest absolute Gasteiger partial charge is 0.219 e. The fourth-order valence-electron chi connectivity index (χ4n) is 1.30. The summed E-state index contributed by atoms with van der Waals surface area (Å²) in [4.78, 5) is 4.04. The second-order valence-corrected chi connectivity index (χ2v) is 4.14. The third-order valence-corrected chi connectivity index (χ3v) is 2.55. The van der Waals surface area contributed by atoms with Crippen LogP contribution >= 0.6 is 23.2 Å². The van der Waals surface area contributed by atoms with Crippen molar-refractivity contribution in [1.29, 1.82) is 0 Å². The van der Waals surface area contributed by atoms with Gasteiger partial charge < -0.3 is 4.74 Å². The van der Waals surface area contributed by atoms with Crippen molar-refractivity contribution in [2.24, 2.45) is 0 Å². The number of hydrogen-bond donors (Lipinski definition) is 0. The van der Waals surface area contributed by atoms with Crippen LogP contribution in [0.2, 0.25) is 10.0 Å². The summed E-state index contributed by atoms with van der Waals surface area (Å²) in [5, 5.41) is 0.964. The first-order valence-corrected chi connectivity index (χ1v) is 5.47. The SMILES string of the molecule is Cc1cc(Cl)c(Oc2ccccn2)c(Cl)c1. The van der Waals surface area contributed by atoms with E-state index in [0.717, 1.165) is 5.56 Å². The zero-order chi connectivity index (χ0) is 11.5. The number of pyridine rings is 1. The van der Waals surface area contributed by atoms with Crippen LogP contribution in [0.25, 0.3) is 0 Å². The van der Waals surface area contributed by atoms with E-state index in [1.807, 2.05) is 19.1 Å². The molecule has 0 saturated heterocycles. The van der Waals surface area contributed by atoms with Crippen molar-refractivity contribution in [2.75, 3.05) is 0 Å². The Kier molecular flexibility index (Phi) is 3.32. The van der Waals surface area contributed by atoms with Crippen LogP contribution in [0.5, 0.6) is 11.6 Å². The fraction of sp³-hybridized carbons (Fsp3) is 0.0833. The Bertz CT molecular complexity index is 477. The highest BCUT2D eigenvalue weighted by molar-refractivity contribution is 6.37. The molecule has 82 valence electrons. The quantitative estimate of drug-likeness (QED) is 0.787. The summed E-state index contributed by atoms with van der Waals surface area (Å²) in [7, 11) is 0. The third-order valence-electron chi connectivity index (χ3n) is 1.99. The average Bonchev–Trinajstić information content (AvgIpc) is 2.25. The van der Waals surface area contributed by atoms with E-state index in [1.165, 1.54) is 0 Å². The molecule has 1 aromatic heterocycles. The van der Waals surface area contributed by atoms with Gasteiger partial charge in [-0.05, 0) is 30.7 Å². The van der Waals surface area contributed by atoms with Gasteiger partial charge >= 0.3 is 0 Å². The second kappa shape index (κ2) is 4.73. The van der Waals surface area contributed by atoms with Crippen molar-refractivity contribution in [3.63, 3.8) is 0 Å². The van der Waals surface area contributed by atoms with Gasteiger partial charge in [0.25, 0.3) is 0 Å². The molecule has 4 heteroatoms. The van der Waals surface area contributed by atoms with Crippen LogP contribution < -0.4 is 4.74 Å². The zero-order valence-electron chi connectivity index (χ0n) is 8.58. The molecule has 2 aromatic rings. The zero-order valence-corrected chi connectivity index (χ0v) is 10.1. The van der Waals surface area contributed by atoms with Crippen LogP contribution in [0.3, 0.4) is 0 Å². The van der Waals surface area contributed by atoms with Gasteiger partial charge in [-0.15, -0.1) is 0 Å². The van der Waals surface area contributed by atoms with Gasteiger partial charge in [0.05, 0.1) is 10.0 Å². The Labute approximate surface area is 104 Å². The molecule has 0 amide bonds. The third kappa shape index (κ3) is 2.46. The Morgan fingerprint density at radius 3 is 2.38 bits per heavy atom. The Hall–Kier alpha value is -1.25. The Balaban J connectivity index is 2.35. The number of hydrogen-bond acceptors (Lipinski definition) is 2. The van der Waals surface area contributed by atoms with E-state index in [4.69, 9.17) is 27.9 Å². The van der Waals surface area contributed by atoms with Crippen molar-refractivity contribution < 1.29 is 4.74 Å². The summed E-state index contributed by atoms with van der Waals surface area (Å²) in [5.74, 6) is 0.905. The molecule has 0 unspecified atom stereocenters. The Morgan fingerprint density at radius 2 is 1.81 bits per heavy atom. The number of aromatic nitrogens is 1. The van der Waals surface area contributed by atoms with Gasteiger partial charge in [-0.1, -0.05) is 29.3 Å². The highest BCUT2D eigenvalue weighted by Gasteiger charge is 2.09. The van der Waals surface area contributed by atoms with Crippen LogP contribution in [0.1, 0.15) is 5.56 Å². The summed E-state index contributed by atoms with van der Waals surface area (Å²) in [5.41, 5.74) is 0.989. The van der Waals surface area contributed by atoms with Gasteiger partial charge in [-0.3, -0.25) is 0 Å². The minimum Gasteiger partial charge on any atom is -0.436 e. The van der Waals surface area contributed by atoms with Gasteiger partial charge in [0.1, 0.15) is 0 Å². The minimum atomic E-state index is 0.438. The summed E-state index contributed by atoms with van der Waals surface area (Å²) in [6.07, 6.45) is 1.64. The number of halogens is 2. The number of rotatable bonds is 2. The molecule has 0 spiro atoms. The van der Waals surface area contributed by atoms with E-state index < -0.39 is 0 Å². The molecule has 0 radical (unpaired) electrons. The van der Waals surface area contributed by atoms with Gasteiger partial charge in [0, 0.05) is 12.3 Å². The van der Waals surface area contributed by atoms with Crippen molar-refractivity contribution in [1.82, 2.24) is 4.98 Å². The summed E-state index contributed by atoms with van der Waals surface area (Å²) in [6, 6.07) is 8.98. The lowest BCUT2D eigenvalue weighted by Gasteiger charge is -2.09. The molecule has 0 saturated carbocycles. The average molecular weight is 254 g/mol. The lowest BCUT2D eigenvalue weighted by atomic mass is 10.2. The van der Waals surface area contributed by atoms with E-state index in [0.29, 0.717) is 21.7 Å². The highest BCUT2D eigenvalue weighted by atomic mass is 35.5. The van der Waals surface area contributed by atoms with Gasteiger partial charge in [0.15, 0.2) is 5.75 Å². The number of benzene rings is 1. The maximum absolute atomic E-state index is 6.05. The predicted molar refractivity (Wildman–Crippen MR) is 65.5 cm³/mol. The molecule has 0 bridgehead atoms. The van der Waals surface area contributed by atoms with Gasteiger partial charge in [-0.2, -0.15) is 0 Å². The molecule has 0 atom stereocenters. The number of ether oxygens (including phenoxy) is 1. The number of aryl methyl sites for hydroxylation is 1. The van der Waals surface area contributed by atoms with Crippen molar-refractivity contribution in [2.45, 2.75) is 6.92 Å². The second-order valence-electron chi connectivity index (χ2n) is 3.33. The molecular weight excluding hydrogens is 245 g/mol. The monoisotopic (exact) mass is 253 g/mol. The van der Waals surface area contributed by atoms with Gasteiger partial charge in [0.2, 0.25) is 5.88 Å². The highest BCUT2D eigenvalue weighted by Crippen LogP contribution is 2.36. The van der Waals surface area contributed by atoms with E-state index in [9.17, 15) is 0 Å². The molecule has 0 N–H and O–H groups in total. The minimum absolute atomic E-state index is 0.438. The first-order chi connectivity index (χ1) is 7.66. The normalized spacial score (nSPS) is 10.2. The fourth-order valence-corrected chi connectivity index (χ4v) is 1.97. The van der Waals surface area contributed by atoms with Crippen LogP contribution in [0.4, 0.5) is 0 Å². The molecule has 16 heavy (non-hydrogen) atoms. The van der Waals surface area contributed by atoms with Crippen LogP contribution in [-0.4, -0.2) is 4.98 Å². The molecule has 2 nitrogen and oxygen atoms in total. The predicted octanol–water partition coefficient (Wildman–Crippen LogP) is 4.49. The Morgan fingerprint density at radius 1 is 1.12 bits per heavy atom. The standard InChI is InChI=1S/C12H9Cl2NO/c1-8-6-9(13)12(10(14)7-8)16-11-4-2-3-5-15-11/h2-7H,1H3. The topological polar surface area (TPSA) is 22.1 Å². The lowest BCUT2D eigenvalue weighted by molar-refractivity contribution is 0.463. The largest absolute Gasteiger partial charge is 0.436 e. The van der Waals surface area contributed by atoms with Crippen LogP contribution in [0, 0.1) is 6.92 Å². The molecule has 0 aliphatic rings. The van der Waals surface area contributed by atoms with E-state index >= 15 is 0 Å². The molecule has 1 heterocycles. The van der Waals surface area contributed by atoms with Crippen molar-refractivity contribution in [3.05, 3.63) is 52.1 Å². The molecular formula is C12H9Cl2NO. The van der Waals surface area contributed by atoms with Crippen LogP contribution in [0.15, 0.2) is 36.5 Å². The molecule has 0 aliphatic heterocycles. The summed E-state index contributed by atoms with van der Waals surface area (Å²) >= 11 is 12.1. The lowest BCUT2D eigenvalue weighted by Crippen LogP contribution is -1.89. The molecule has 2 rings (SSSR count).